The van der Waals surface area contributed by atoms with Crippen molar-refractivity contribution in [3.8, 4) is 0 Å². The van der Waals surface area contributed by atoms with Crippen molar-refractivity contribution < 1.29 is 5.11 Å². The topological polar surface area (TPSA) is 35.5 Å². The van der Waals surface area contributed by atoms with Crippen LogP contribution in [0, 0.1) is 13.8 Å². The van der Waals surface area contributed by atoms with Gasteiger partial charge in [0.25, 0.3) is 0 Å². The standard InChI is InChI=1S/C15H24N2O/c1-12-4-5-14(10-13(12)2)15(11-18)17-8-3-6-16-7-9-17/h4-5,10,15-16,18H,3,6-9,11H2,1-2H3. The summed E-state index contributed by atoms with van der Waals surface area (Å²) in [5.41, 5.74) is 3.86. The van der Waals surface area contributed by atoms with Gasteiger partial charge in [-0.3, -0.25) is 4.90 Å². The van der Waals surface area contributed by atoms with Crippen LogP contribution in [0.2, 0.25) is 0 Å². The maximum atomic E-state index is 9.72. The third kappa shape index (κ3) is 3.10. The van der Waals surface area contributed by atoms with Gasteiger partial charge in [0.2, 0.25) is 0 Å². The van der Waals surface area contributed by atoms with Gasteiger partial charge in [0.1, 0.15) is 0 Å². The third-order valence-corrected chi connectivity index (χ3v) is 3.90. The summed E-state index contributed by atoms with van der Waals surface area (Å²) in [6.07, 6.45) is 1.15. The Morgan fingerprint density at radius 3 is 2.78 bits per heavy atom. The fourth-order valence-corrected chi connectivity index (χ4v) is 2.58. The van der Waals surface area contributed by atoms with Crippen molar-refractivity contribution in [2.45, 2.75) is 26.3 Å². The van der Waals surface area contributed by atoms with Gasteiger partial charge in [-0.25, -0.2) is 0 Å². The average molecular weight is 248 g/mol. The smallest absolute Gasteiger partial charge is 0.0628 e. The lowest BCUT2D eigenvalue weighted by molar-refractivity contribution is 0.130. The van der Waals surface area contributed by atoms with Crippen molar-refractivity contribution in [2.24, 2.45) is 0 Å². The van der Waals surface area contributed by atoms with Gasteiger partial charge in [-0.2, -0.15) is 0 Å². The Morgan fingerprint density at radius 2 is 2.06 bits per heavy atom. The molecule has 2 rings (SSSR count). The van der Waals surface area contributed by atoms with Gasteiger partial charge in [0.05, 0.1) is 12.6 Å². The van der Waals surface area contributed by atoms with Crippen LogP contribution < -0.4 is 5.32 Å². The molecule has 2 N–H and O–H groups in total. The number of aliphatic hydroxyl groups is 1. The maximum absolute atomic E-state index is 9.72. The van der Waals surface area contributed by atoms with Crippen molar-refractivity contribution in [3.05, 3.63) is 34.9 Å². The van der Waals surface area contributed by atoms with Gasteiger partial charge in [-0.05, 0) is 43.5 Å². The molecule has 0 amide bonds. The fourth-order valence-electron chi connectivity index (χ4n) is 2.58. The van der Waals surface area contributed by atoms with Crippen molar-refractivity contribution in [1.29, 1.82) is 0 Å². The van der Waals surface area contributed by atoms with E-state index in [4.69, 9.17) is 0 Å². The summed E-state index contributed by atoms with van der Waals surface area (Å²) in [5.74, 6) is 0. The summed E-state index contributed by atoms with van der Waals surface area (Å²) in [5, 5.41) is 13.1. The maximum Gasteiger partial charge on any atom is 0.0628 e. The fraction of sp³-hybridized carbons (Fsp3) is 0.600. The van der Waals surface area contributed by atoms with E-state index in [0.717, 1.165) is 32.6 Å². The molecule has 3 nitrogen and oxygen atoms in total. The summed E-state index contributed by atoms with van der Waals surface area (Å²) in [4.78, 5) is 2.39. The molecule has 1 heterocycles. The van der Waals surface area contributed by atoms with Gasteiger partial charge in [-0.1, -0.05) is 18.2 Å². The molecule has 0 aliphatic carbocycles. The first-order chi connectivity index (χ1) is 8.72. The lowest BCUT2D eigenvalue weighted by atomic mass is 10.00. The molecule has 1 aliphatic rings. The summed E-state index contributed by atoms with van der Waals surface area (Å²) in [6, 6.07) is 6.67. The highest BCUT2D eigenvalue weighted by Gasteiger charge is 2.20. The molecule has 0 saturated carbocycles. The minimum Gasteiger partial charge on any atom is -0.394 e. The van der Waals surface area contributed by atoms with E-state index in [2.05, 4.69) is 42.3 Å². The predicted molar refractivity (Wildman–Crippen MR) is 74.8 cm³/mol. The zero-order chi connectivity index (χ0) is 13.0. The van der Waals surface area contributed by atoms with Crippen molar-refractivity contribution in [2.75, 3.05) is 32.8 Å². The zero-order valence-corrected chi connectivity index (χ0v) is 11.4. The van der Waals surface area contributed by atoms with Crippen molar-refractivity contribution in [1.82, 2.24) is 10.2 Å². The molecule has 0 bridgehead atoms. The Hall–Kier alpha value is -0.900. The van der Waals surface area contributed by atoms with E-state index in [0.29, 0.717) is 0 Å². The molecule has 0 spiro atoms. The molecule has 1 unspecified atom stereocenters. The molecule has 0 radical (unpaired) electrons. The van der Waals surface area contributed by atoms with E-state index in [-0.39, 0.29) is 12.6 Å². The van der Waals surface area contributed by atoms with Crippen LogP contribution >= 0.6 is 0 Å². The summed E-state index contributed by atoms with van der Waals surface area (Å²) in [7, 11) is 0. The minimum atomic E-state index is 0.143. The number of hydrogen-bond acceptors (Lipinski definition) is 3. The van der Waals surface area contributed by atoms with Crippen molar-refractivity contribution in [3.63, 3.8) is 0 Å². The number of rotatable bonds is 3. The molecular formula is C15H24N2O. The first kappa shape index (κ1) is 13.5. The molecule has 1 atom stereocenters. The van der Waals surface area contributed by atoms with Crippen LogP contribution in [0.25, 0.3) is 0 Å². The minimum absolute atomic E-state index is 0.143. The molecule has 1 aromatic rings. The zero-order valence-electron chi connectivity index (χ0n) is 11.4. The second-order valence-corrected chi connectivity index (χ2v) is 5.18. The number of aryl methyl sites for hydroxylation is 2. The van der Waals surface area contributed by atoms with Crippen LogP contribution in [0.15, 0.2) is 18.2 Å². The van der Waals surface area contributed by atoms with E-state index in [9.17, 15) is 5.11 Å². The van der Waals surface area contributed by atoms with Crippen LogP contribution in [0.4, 0.5) is 0 Å². The van der Waals surface area contributed by atoms with E-state index >= 15 is 0 Å². The Bertz CT molecular complexity index is 384. The SMILES string of the molecule is Cc1ccc(C(CO)N2CCCNCC2)cc1C. The molecule has 18 heavy (non-hydrogen) atoms. The van der Waals surface area contributed by atoms with E-state index < -0.39 is 0 Å². The molecule has 3 heteroatoms. The van der Waals surface area contributed by atoms with E-state index in [1.807, 2.05) is 0 Å². The molecule has 1 fully saturated rings. The predicted octanol–water partition coefficient (Wildman–Crippen LogP) is 1.63. The van der Waals surface area contributed by atoms with Crippen LogP contribution in [-0.4, -0.2) is 42.8 Å². The lowest BCUT2D eigenvalue weighted by Gasteiger charge is -2.29. The van der Waals surface area contributed by atoms with Crippen LogP contribution in [0.3, 0.4) is 0 Å². The largest absolute Gasteiger partial charge is 0.394 e. The number of nitrogens with zero attached hydrogens (tertiary/aromatic N) is 1. The van der Waals surface area contributed by atoms with Gasteiger partial charge in [-0.15, -0.1) is 0 Å². The van der Waals surface area contributed by atoms with Crippen LogP contribution in [0.5, 0.6) is 0 Å². The molecule has 0 aromatic heterocycles. The highest BCUT2D eigenvalue weighted by molar-refractivity contribution is 5.31. The Kier molecular flexibility index (Phi) is 4.75. The second-order valence-electron chi connectivity index (χ2n) is 5.18. The lowest BCUT2D eigenvalue weighted by Crippen LogP contribution is -2.34. The number of hydrogen-bond donors (Lipinski definition) is 2. The monoisotopic (exact) mass is 248 g/mol. The normalized spacial score (nSPS) is 19.5. The van der Waals surface area contributed by atoms with Crippen molar-refractivity contribution >= 4 is 0 Å². The first-order valence-electron chi connectivity index (χ1n) is 6.85. The summed E-state index contributed by atoms with van der Waals surface area (Å²) >= 11 is 0. The highest BCUT2D eigenvalue weighted by atomic mass is 16.3. The van der Waals surface area contributed by atoms with E-state index in [1.165, 1.54) is 16.7 Å². The molecular weight excluding hydrogens is 224 g/mol. The van der Waals surface area contributed by atoms with Gasteiger partial charge in [0, 0.05) is 19.6 Å². The number of nitrogens with one attached hydrogen (secondary N) is 1. The van der Waals surface area contributed by atoms with E-state index in [1.54, 1.807) is 0 Å². The second kappa shape index (κ2) is 6.32. The Labute approximate surface area is 110 Å². The summed E-state index contributed by atoms with van der Waals surface area (Å²) in [6.45, 7) is 8.63. The first-order valence-corrected chi connectivity index (χ1v) is 6.85. The third-order valence-electron chi connectivity index (χ3n) is 3.90. The molecule has 1 saturated heterocycles. The molecule has 1 aliphatic heterocycles. The van der Waals surface area contributed by atoms with Crippen LogP contribution in [-0.2, 0) is 0 Å². The summed E-state index contributed by atoms with van der Waals surface area (Å²) < 4.78 is 0. The molecule has 1 aromatic carbocycles. The van der Waals surface area contributed by atoms with Gasteiger partial charge in [0.15, 0.2) is 0 Å². The Morgan fingerprint density at radius 1 is 1.22 bits per heavy atom. The quantitative estimate of drug-likeness (QED) is 0.853. The number of aliphatic hydroxyl groups excluding tert-OH is 1. The van der Waals surface area contributed by atoms with Gasteiger partial charge >= 0.3 is 0 Å². The molecule has 100 valence electrons. The Balaban J connectivity index is 2.17. The van der Waals surface area contributed by atoms with Gasteiger partial charge < -0.3 is 10.4 Å². The van der Waals surface area contributed by atoms with Crippen LogP contribution in [0.1, 0.15) is 29.2 Å². The average Bonchev–Trinajstić information content (AvgIpc) is 2.64. The number of benzene rings is 1. The highest BCUT2D eigenvalue weighted by Crippen LogP contribution is 2.23.